The number of hydrogen-bond acceptors (Lipinski definition) is 2. The summed E-state index contributed by atoms with van der Waals surface area (Å²) < 4.78 is 0. The van der Waals surface area contributed by atoms with Gasteiger partial charge in [0, 0.05) is 6.04 Å². The van der Waals surface area contributed by atoms with E-state index in [4.69, 9.17) is 5.11 Å². The van der Waals surface area contributed by atoms with E-state index in [9.17, 15) is 9.59 Å². The van der Waals surface area contributed by atoms with Gasteiger partial charge in [-0.15, -0.1) is 0 Å². The molecule has 0 radical (unpaired) electrons. The zero-order chi connectivity index (χ0) is 17.7. The van der Waals surface area contributed by atoms with Gasteiger partial charge in [-0.2, -0.15) is 0 Å². The number of hydrogen-bond donors (Lipinski definition) is 2. The highest BCUT2D eigenvalue weighted by Crippen LogP contribution is 2.13. The normalized spacial score (nSPS) is 11.8. The lowest BCUT2D eigenvalue weighted by atomic mass is 10.00. The molecule has 2 rings (SSSR count). The highest BCUT2D eigenvalue weighted by Gasteiger charge is 2.11. The van der Waals surface area contributed by atoms with Crippen molar-refractivity contribution in [1.82, 2.24) is 5.32 Å². The molecule has 2 N–H and O–H groups in total. The summed E-state index contributed by atoms with van der Waals surface area (Å²) in [7, 11) is 0. The number of benzene rings is 2. The first kappa shape index (κ1) is 17.7. The van der Waals surface area contributed by atoms with Crippen LogP contribution in [0.1, 0.15) is 39.5 Å². The van der Waals surface area contributed by atoms with Crippen LogP contribution in [0.4, 0.5) is 0 Å². The van der Waals surface area contributed by atoms with E-state index >= 15 is 0 Å². The summed E-state index contributed by atoms with van der Waals surface area (Å²) in [6.45, 7) is 6.14. The fraction of sp³-hybridized carbons (Fsp3) is 0.300. The van der Waals surface area contributed by atoms with Crippen molar-refractivity contribution in [2.75, 3.05) is 0 Å². The summed E-state index contributed by atoms with van der Waals surface area (Å²) >= 11 is 0. The van der Waals surface area contributed by atoms with E-state index in [1.807, 2.05) is 6.92 Å². The van der Waals surface area contributed by atoms with Crippen molar-refractivity contribution in [1.29, 1.82) is 0 Å². The van der Waals surface area contributed by atoms with Crippen LogP contribution in [0.3, 0.4) is 0 Å². The van der Waals surface area contributed by atoms with Crippen LogP contribution in [0, 0.1) is 13.8 Å². The molecule has 0 fully saturated rings. The predicted octanol–water partition coefficient (Wildman–Crippen LogP) is 3.29. The molecule has 0 aliphatic carbocycles. The number of rotatable bonds is 6. The molecule has 0 aliphatic rings. The average Bonchev–Trinajstić information content (AvgIpc) is 2.50. The second kappa shape index (κ2) is 7.77. The van der Waals surface area contributed by atoms with Crippen LogP contribution in [-0.4, -0.2) is 23.0 Å². The third kappa shape index (κ3) is 4.95. The van der Waals surface area contributed by atoms with Crippen LogP contribution in [0.25, 0.3) is 0 Å². The maximum atomic E-state index is 12.1. The summed E-state index contributed by atoms with van der Waals surface area (Å²) in [6.07, 6.45) is 1.03. The van der Waals surface area contributed by atoms with E-state index in [0.717, 1.165) is 12.0 Å². The first-order chi connectivity index (χ1) is 11.3. The molecular weight excluding hydrogens is 302 g/mol. The Labute approximate surface area is 142 Å². The predicted molar refractivity (Wildman–Crippen MR) is 94.3 cm³/mol. The molecule has 2 aromatic rings. The fourth-order valence-electron chi connectivity index (χ4n) is 2.73. The standard InChI is InChI=1S/C20H23NO3/c1-13-4-7-18(14(2)10-13)11-15(3)21-19(22)12-16-5-8-17(9-6-16)20(23)24/h4-10,15H,11-12H2,1-3H3,(H,21,22)(H,23,24). The van der Waals surface area contributed by atoms with Gasteiger partial charge in [-0.1, -0.05) is 35.9 Å². The van der Waals surface area contributed by atoms with Crippen molar-refractivity contribution in [3.05, 3.63) is 70.3 Å². The molecule has 0 bridgehead atoms. The largest absolute Gasteiger partial charge is 0.478 e. The summed E-state index contributed by atoms with van der Waals surface area (Å²) in [4.78, 5) is 23.0. The molecule has 1 atom stereocenters. The Morgan fingerprint density at radius 3 is 2.33 bits per heavy atom. The molecule has 0 aromatic heterocycles. The Bertz CT molecular complexity index is 735. The van der Waals surface area contributed by atoms with Gasteiger partial charge in [-0.3, -0.25) is 4.79 Å². The van der Waals surface area contributed by atoms with Gasteiger partial charge in [0.15, 0.2) is 0 Å². The summed E-state index contributed by atoms with van der Waals surface area (Å²) in [5.41, 5.74) is 4.73. The molecular formula is C20H23NO3. The summed E-state index contributed by atoms with van der Waals surface area (Å²) in [6, 6.07) is 12.8. The van der Waals surface area contributed by atoms with Crippen LogP contribution in [0.15, 0.2) is 42.5 Å². The van der Waals surface area contributed by atoms with Gasteiger partial charge in [0.2, 0.25) is 5.91 Å². The van der Waals surface area contributed by atoms with E-state index in [1.54, 1.807) is 12.1 Å². The third-order valence-electron chi connectivity index (χ3n) is 4.00. The van der Waals surface area contributed by atoms with Crippen molar-refractivity contribution in [3.8, 4) is 0 Å². The number of nitrogens with one attached hydrogen (secondary N) is 1. The second-order valence-electron chi connectivity index (χ2n) is 6.28. The minimum atomic E-state index is -0.965. The van der Waals surface area contributed by atoms with Crippen LogP contribution in [0.5, 0.6) is 0 Å². The molecule has 126 valence electrons. The fourth-order valence-corrected chi connectivity index (χ4v) is 2.73. The number of carboxylic acid groups (broad SMARTS) is 1. The maximum absolute atomic E-state index is 12.1. The Morgan fingerprint density at radius 1 is 1.08 bits per heavy atom. The number of carbonyl (C=O) groups is 2. The molecule has 0 saturated carbocycles. The molecule has 4 heteroatoms. The van der Waals surface area contributed by atoms with Gasteiger partial charge >= 0.3 is 5.97 Å². The van der Waals surface area contributed by atoms with E-state index in [1.165, 1.54) is 28.8 Å². The summed E-state index contributed by atoms with van der Waals surface area (Å²) in [5.74, 6) is -1.02. The maximum Gasteiger partial charge on any atom is 0.335 e. The van der Waals surface area contributed by atoms with Crippen molar-refractivity contribution < 1.29 is 14.7 Å². The van der Waals surface area contributed by atoms with Crippen molar-refractivity contribution in [2.45, 2.75) is 39.7 Å². The van der Waals surface area contributed by atoms with E-state index in [0.29, 0.717) is 0 Å². The minimum Gasteiger partial charge on any atom is -0.478 e. The molecule has 0 heterocycles. The molecule has 1 amide bonds. The van der Waals surface area contributed by atoms with Crippen LogP contribution in [0.2, 0.25) is 0 Å². The summed E-state index contributed by atoms with van der Waals surface area (Å²) in [5, 5.41) is 11.9. The Kier molecular flexibility index (Phi) is 5.74. The van der Waals surface area contributed by atoms with Gasteiger partial charge in [0.05, 0.1) is 12.0 Å². The number of carboxylic acids is 1. The molecule has 0 spiro atoms. The van der Waals surface area contributed by atoms with E-state index < -0.39 is 5.97 Å². The van der Waals surface area contributed by atoms with Gasteiger partial charge in [-0.05, 0) is 56.0 Å². The quantitative estimate of drug-likeness (QED) is 0.856. The molecule has 4 nitrogen and oxygen atoms in total. The Balaban J connectivity index is 1.90. The van der Waals surface area contributed by atoms with Gasteiger partial charge in [-0.25, -0.2) is 4.79 Å². The monoisotopic (exact) mass is 325 g/mol. The zero-order valence-corrected chi connectivity index (χ0v) is 14.3. The SMILES string of the molecule is Cc1ccc(CC(C)NC(=O)Cc2ccc(C(=O)O)cc2)c(C)c1. The van der Waals surface area contributed by atoms with Gasteiger partial charge < -0.3 is 10.4 Å². The van der Waals surface area contributed by atoms with Gasteiger partial charge in [0.25, 0.3) is 0 Å². The smallest absolute Gasteiger partial charge is 0.335 e. The first-order valence-corrected chi connectivity index (χ1v) is 8.03. The van der Waals surface area contributed by atoms with Crippen LogP contribution >= 0.6 is 0 Å². The second-order valence-corrected chi connectivity index (χ2v) is 6.28. The number of carbonyl (C=O) groups excluding carboxylic acids is 1. The Hall–Kier alpha value is -2.62. The van der Waals surface area contributed by atoms with Crippen molar-refractivity contribution >= 4 is 11.9 Å². The zero-order valence-electron chi connectivity index (χ0n) is 14.3. The van der Waals surface area contributed by atoms with Crippen LogP contribution < -0.4 is 5.32 Å². The van der Waals surface area contributed by atoms with E-state index in [2.05, 4.69) is 37.4 Å². The lowest BCUT2D eigenvalue weighted by Gasteiger charge is -2.16. The number of aryl methyl sites for hydroxylation is 2. The number of amides is 1. The highest BCUT2D eigenvalue weighted by molar-refractivity contribution is 5.87. The third-order valence-corrected chi connectivity index (χ3v) is 4.00. The highest BCUT2D eigenvalue weighted by atomic mass is 16.4. The molecule has 1 unspecified atom stereocenters. The van der Waals surface area contributed by atoms with E-state index in [-0.39, 0.29) is 23.9 Å². The van der Waals surface area contributed by atoms with Crippen molar-refractivity contribution in [2.24, 2.45) is 0 Å². The Morgan fingerprint density at radius 2 is 1.75 bits per heavy atom. The molecule has 24 heavy (non-hydrogen) atoms. The minimum absolute atomic E-state index is 0.0391. The lowest BCUT2D eigenvalue weighted by molar-refractivity contribution is -0.121. The first-order valence-electron chi connectivity index (χ1n) is 8.03. The lowest BCUT2D eigenvalue weighted by Crippen LogP contribution is -2.35. The molecule has 2 aromatic carbocycles. The molecule has 0 aliphatic heterocycles. The number of aromatic carboxylic acids is 1. The average molecular weight is 325 g/mol. The van der Waals surface area contributed by atoms with Gasteiger partial charge in [0.1, 0.15) is 0 Å². The van der Waals surface area contributed by atoms with Crippen molar-refractivity contribution in [3.63, 3.8) is 0 Å². The van der Waals surface area contributed by atoms with Crippen LogP contribution in [-0.2, 0) is 17.6 Å². The molecule has 0 saturated heterocycles. The topological polar surface area (TPSA) is 66.4 Å².